The van der Waals surface area contributed by atoms with Gasteiger partial charge in [0.15, 0.2) is 0 Å². The minimum atomic E-state index is -0.531. The SMILES string of the molecule is CCOC(=O)c1c(C)[nH]c(C(=O)NNc2cccc([N+](=O)[O-])c2)c1C. The normalized spacial score (nSPS) is 10.2. The number of rotatable bonds is 6. The maximum Gasteiger partial charge on any atom is 0.340 e. The number of hydrogen-bond donors (Lipinski definition) is 3. The Morgan fingerprint density at radius 3 is 2.68 bits per heavy atom. The highest BCUT2D eigenvalue weighted by atomic mass is 16.6. The molecule has 9 nitrogen and oxygen atoms in total. The van der Waals surface area contributed by atoms with Crippen LogP contribution >= 0.6 is 0 Å². The van der Waals surface area contributed by atoms with Crippen molar-refractivity contribution in [1.82, 2.24) is 10.4 Å². The van der Waals surface area contributed by atoms with E-state index in [1.165, 1.54) is 18.2 Å². The molecule has 2 aromatic rings. The number of non-ortho nitro benzene ring substituents is 1. The predicted octanol–water partition coefficient (Wildman–Crippen LogP) is 2.47. The quantitative estimate of drug-likeness (QED) is 0.419. The molecule has 1 aromatic heterocycles. The minimum Gasteiger partial charge on any atom is -0.462 e. The fraction of sp³-hybridized carbons (Fsp3) is 0.250. The minimum absolute atomic E-state index is 0.101. The Labute approximate surface area is 143 Å². The fourth-order valence-electron chi connectivity index (χ4n) is 2.38. The van der Waals surface area contributed by atoms with Gasteiger partial charge in [0.05, 0.1) is 22.8 Å². The lowest BCUT2D eigenvalue weighted by Gasteiger charge is -2.08. The summed E-state index contributed by atoms with van der Waals surface area (Å²) in [6.07, 6.45) is 0. The van der Waals surface area contributed by atoms with E-state index in [4.69, 9.17) is 4.74 Å². The van der Waals surface area contributed by atoms with Crippen LogP contribution in [0.5, 0.6) is 0 Å². The van der Waals surface area contributed by atoms with Crippen LogP contribution in [0.1, 0.15) is 39.0 Å². The van der Waals surface area contributed by atoms with Gasteiger partial charge in [0, 0.05) is 17.8 Å². The van der Waals surface area contributed by atoms with Gasteiger partial charge in [0.2, 0.25) is 0 Å². The Balaban J connectivity index is 2.14. The Hall–Kier alpha value is -3.36. The predicted molar refractivity (Wildman–Crippen MR) is 90.4 cm³/mol. The first-order valence-electron chi connectivity index (χ1n) is 7.52. The molecule has 0 fully saturated rings. The van der Waals surface area contributed by atoms with Crippen molar-refractivity contribution >= 4 is 23.3 Å². The molecule has 0 atom stereocenters. The molecule has 1 aromatic carbocycles. The van der Waals surface area contributed by atoms with Crippen LogP contribution in [0.2, 0.25) is 0 Å². The summed E-state index contributed by atoms with van der Waals surface area (Å²) in [5.74, 6) is -1.01. The van der Waals surface area contributed by atoms with E-state index in [9.17, 15) is 19.7 Å². The van der Waals surface area contributed by atoms with E-state index in [1.807, 2.05) is 0 Å². The molecule has 0 aliphatic heterocycles. The summed E-state index contributed by atoms with van der Waals surface area (Å²) in [6.45, 7) is 5.24. The van der Waals surface area contributed by atoms with Crippen LogP contribution in [0.4, 0.5) is 11.4 Å². The number of nitrogens with one attached hydrogen (secondary N) is 3. The van der Waals surface area contributed by atoms with Gasteiger partial charge in [-0.15, -0.1) is 0 Å². The van der Waals surface area contributed by atoms with Gasteiger partial charge in [0.25, 0.3) is 11.6 Å². The van der Waals surface area contributed by atoms with Crippen molar-refractivity contribution in [2.45, 2.75) is 20.8 Å². The first-order valence-corrected chi connectivity index (χ1v) is 7.52. The zero-order chi connectivity index (χ0) is 18.6. The van der Waals surface area contributed by atoms with E-state index >= 15 is 0 Å². The number of nitrogens with zero attached hydrogens (tertiary/aromatic N) is 1. The third kappa shape index (κ3) is 3.94. The fourth-order valence-corrected chi connectivity index (χ4v) is 2.38. The number of carbonyl (C=O) groups is 2. The highest BCUT2D eigenvalue weighted by Gasteiger charge is 2.22. The summed E-state index contributed by atoms with van der Waals surface area (Å²) in [6, 6.07) is 5.70. The van der Waals surface area contributed by atoms with E-state index in [0.29, 0.717) is 22.5 Å². The molecule has 0 aliphatic rings. The number of aromatic nitrogens is 1. The van der Waals surface area contributed by atoms with E-state index < -0.39 is 16.8 Å². The maximum absolute atomic E-state index is 12.3. The van der Waals surface area contributed by atoms with Crippen molar-refractivity contribution in [1.29, 1.82) is 0 Å². The molecule has 3 N–H and O–H groups in total. The number of H-pyrrole nitrogens is 1. The Bertz CT molecular complexity index is 828. The van der Waals surface area contributed by atoms with Crippen LogP contribution in [0.15, 0.2) is 24.3 Å². The topological polar surface area (TPSA) is 126 Å². The van der Waals surface area contributed by atoms with Crippen LogP contribution in [0.25, 0.3) is 0 Å². The molecule has 1 amide bonds. The first kappa shape index (κ1) is 18.0. The molecule has 132 valence electrons. The van der Waals surface area contributed by atoms with E-state index in [2.05, 4.69) is 15.8 Å². The number of aryl methyl sites for hydroxylation is 1. The number of anilines is 1. The molecule has 0 unspecified atom stereocenters. The molecule has 0 aliphatic carbocycles. The summed E-state index contributed by atoms with van der Waals surface area (Å²) in [5.41, 5.74) is 6.82. The molecule has 0 bridgehead atoms. The van der Waals surface area contributed by atoms with Crippen LogP contribution in [0.3, 0.4) is 0 Å². The van der Waals surface area contributed by atoms with E-state index in [1.54, 1.807) is 26.8 Å². The summed E-state index contributed by atoms with van der Waals surface area (Å²) in [4.78, 5) is 37.3. The van der Waals surface area contributed by atoms with E-state index in [-0.39, 0.29) is 18.0 Å². The largest absolute Gasteiger partial charge is 0.462 e. The molecular formula is C16H18N4O5. The molecule has 25 heavy (non-hydrogen) atoms. The van der Waals surface area contributed by atoms with Gasteiger partial charge in [-0.3, -0.25) is 25.8 Å². The molecule has 0 saturated heterocycles. The second kappa shape index (κ2) is 7.47. The number of hydrogen-bond acceptors (Lipinski definition) is 6. The second-order valence-corrected chi connectivity index (χ2v) is 5.23. The number of esters is 1. The molecular weight excluding hydrogens is 328 g/mol. The van der Waals surface area contributed by atoms with Gasteiger partial charge in [0.1, 0.15) is 5.69 Å². The zero-order valence-electron chi connectivity index (χ0n) is 14.0. The van der Waals surface area contributed by atoms with Gasteiger partial charge >= 0.3 is 5.97 Å². The Kier molecular flexibility index (Phi) is 5.38. The van der Waals surface area contributed by atoms with Crippen molar-refractivity contribution in [3.63, 3.8) is 0 Å². The molecule has 0 spiro atoms. The summed E-state index contributed by atoms with van der Waals surface area (Å²) >= 11 is 0. The third-order valence-electron chi connectivity index (χ3n) is 3.52. The van der Waals surface area contributed by atoms with Crippen molar-refractivity contribution < 1.29 is 19.2 Å². The maximum atomic E-state index is 12.3. The lowest BCUT2D eigenvalue weighted by Crippen LogP contribution is -2.30. The number of nitro benzene ring substituents is 1. The first-order chi connectivity index (χ1) is 11.8. The van der Waals surface area contributed by atoms with Gasteiger partial charge < -0.3 is 9.72 Å². The van der Waals surface area contributed by atoms with Crippen LogP contribution in [0, 0.1) is 24.0 Å². The van der Waals surface area contributed by atoms with Crippen LogP contribution in [-0.4, -0.2) is 28.4 Å². The number of hydrazine groups is 1. The van der Waals surface area contributed by atoms with Gasteiger partial charge in [-0.2, -0.15) is 0 Å². The Morgan fingerprint density at radius 1 is 1.32 bits per heavy atom. The number of amides is 1. The lowest BCUT2D eigenvalue weighted by atomic mass is 10.1. The molecule has 2 rings (SSSR count). The Morgan fingerprint density at radius 2 is 2.04 bits per heavy atom. The highest BCUT2D eigenvalue weighted by molar-refractivity contribution is 6.00. The number of ether oxygens (including phenoxy) is 1. The molecule has 0 radical (unpaired) electrons. The van der Waals surface area contributed by atoms with Crippen molar-refractivity contribution in [3.05, 3.63) is 56.9 Å². The number of aromatic amines is 1. The lowest BCUT2D eigenvalue weighted by molar-refractivity contribution is -0.384. The van der Waals surface area contributed by atoms with Crippen molar-refractivity contribution in [3.8, 4) is 0 Å². The van der Waals surface area contributed by atoms with Gasteiger partial charge in [-0.05, 0) is 32.4 Å². The van der Waals surface area contributed by atoms with Gasteiger partial charge in [-0.25, -0.2) is 4.79 Å². The summed E-state index contributed by atoms with van der Waals surface area (Å²) < 4.78 is 4.98. The molecule has 1 heterocycles. The average molecular weight is 346 g/mol. The highest BCUT2D eigenvalue weighted by Crippen LogP contribution is 2.20. The zero-order valence-corrected chi connectivity index (χ0v) is 14.0. The monoisotopic (exact) mass is 346 g/mol. The second-order valence-electron chi connectivity index (χ2n) is 5.23. The summed E-state index contributed by atoms with van der Waals surface area (Å²) in [5, 5.41) is 10.8. The van der Waals surface area contributed by atoms with Crippen molar-refractivity contribution in [2.24, 2.45) is 0 Å². The molecule has 9 heteroatoms. The average Bonchev–Trinajstić information content (AvgIpc) is 2.87. The van der Waals surface area contributed by atoms with E-state index in [0.717, 1.165) is 0 Å². The number of carbonyl (C=O) groups excluding carboxylic acids is 2. The third-order valence-corrected chi connectivity index (χ3v) is 3.52. The number of nitro groups is 1. The standard InChI is InChI=1S/C16H18N4O5/c1-4-25-16(22)13-9(2)14(17-10(13)3)15(21)19-18-11-6-5-7-12(8-11)20(23)24/h5-8,17-18H,4H2,1-3H3,(H,19,21). The van der Waals surface area contributed by atoms with Crippen molar-refractivity contribution in [2.75, 3.05) is 12.0 Å². The van der Waals surface area contributed by atoms with Crippen LogP contribution in [-0.2, 0) is 4.74 Å². The molecule has 0 saturated carbocycles. The number of benzene rings is 1. The smallest absolute Gasteiger partial charge is 0.340 e. The van der Waals surface area contributed by atoms with Gasteiger partial charge in [-0.1, -0.05) is 6.07 Å². The summed E-state index contributed by atoms with van der Waals surface area (Å²) in [7, 11) is 0. The van der Waals surface area contributed by atoms with Crippen LogP contribution < -0.4 is 10.9 Å².